The standard InChI is InChI=1S/C11H13FOS/c1-14-10-3-2-9(12)6-8(10)7-11(13)4-5-11/h2-3,6,13H,4-5,7H2,1H3. The molecule has 0 unspecified atom stereocenters. The van der Waals surface area contributed by atoms with E-state index < -0.39 is 5.60 Å². The topological polar surface area (TPSA) is 20.2 Å². The normalized spacial score (nSPS) is 18.2. The average molecular weight is 212 g/mol. The van der Waals surface area contributed by atoms with Crippen molar-refractivity contribution in [3.63, 3.8) is 0 Å². The Labute approximate surface area is 87.3 Å². The molecule has 76 valence electrons. The molecule has 0 spiro atoms. The molecule has 0 atom stereocenters. The molecular weight excluding hydrogens is 199 g/mol. The molecule has 1 aromatic carbocycles. The van der Waals surface area contributed by atoms with E-state index in [1.165, 1.54) is 12.1 Å². The Kier molecular flexibility index (Phi) is 2.54. The Morgan fingerprint density at radius 1 is 1.50 bits per heavy atom. The van der Waals surface area contributed by atoms with E-state index in [0.29, 0.717) is 6.42 Å². The van der Waals surface area contributed by atoms with Gasteiger partial charge in [-0.1, -0.05) is 0 Å². The Morgan fingerprint density at radius 2 is 2.21 bits per heavy atom. The van der Waals surface area contributed by atoms with Crippen molar-refractivity contribution in [3.8, 4) is 0 Å². The van der Waals surface area contributed by atoms with Gasteiger partial charge in [0.15, 0.2) is 0 Å². The summed E-state index contributed by atoms with van der Waals surface area (Å²) in [6, 6.07) is 4.77. The van der Waals surface area contributed by atoms with Gasteiger partial charge in [-0.15, -0.1) is 11.8 Å². The van der Waals surface area contributed by atoms with Crippen molar-refractivity contribution in [2.45, 2.75) is 29.8 Å². The van der Waals surface area contributed by atoms with Crippen LogP contribution in [0.15, 0.2) is 23.1 Å². The molecule has 1 fully saturated rings. The molecule has 2 rings (SSSR count). The van der Waals surface area contributed by atoms with Gasteiger partial charge in [-0.3, -0.25) is 0 Å². The molecule has 0 heterocycles. The second-order valence-electron chi connectivity index (χ2n) is 3.86. The van der Waals surface area contributed by atoms with Crippen LogP contribution < -0.4 is 0 Å². The van der Waals surface area contributed by atoms with Crippen molar-refractivity contribution in [1.29, 1.82) is 0 Å². The van der Waals surface area contributed by atoms with E-state index in [0.717, 1.165) is 23.3 Å². The summed E-state index contributed by atoms with van der Waals surface area (Å²) in [5, 5.41) is 9.76. The number of hydrogen-bond acceptors (Lipinski definition) is 2. The number of rotatable bonds is 3. The van der Waals surface area contributed by atoms with Gasteiger partial charge < -0.3 is 5.11 Å². The number of benzene rings is 1. The fourth-order valence-electron chi connectivity index (χ4n) is 1.56. The molecule has 0 aliphatic heterocycles. The average Bonchev–Trinajstić information content (AvgIpc) is 2.84. The summed E-state index contributed by atoms with van der Waals surface area (Å²) in [7, 11) is 0. The fraction of sp³-hybridized carbons (Fsp3) is 0.455. The summed E-state index contributed by atoms with van der Waals surface area (Å²) in [6.07, 6.45) is 4.24. The Bertz CT molecular complexity index is 347. The molecule has 1 aliphatic rings. The van der Waals surface area contributed by atoms with Crippen molar-refractivity contribution < 1.29 is 9.50 Å². The lowest BCUT2D eigenvalue weighted by molar-refractivity contribution is 0.150. The van der Waals surface area contributed by atoms with E-state index >= 15 is 0 Å². The first-order valence-corrected chi connectivity index (χ1v) is 5.90. The number of thioether (sulfide) groups is 1. The summed E-state index contributed by atoms with van der Waals surface area (Å²) in [5.41, 5.74) is 0.385. The molecule has 0 saturated heterocycles. The van der Waals surface area contributed by atoms with Crippen molar-refractivity contribution in [2.75, 3.05) is 6.26 Å². The minimum absolute atomic E-state index is 0.220. The molecule has 0 aromatic heterocycles. The van der Waals surface area contributed by atoms with Gasteiger partial charge in [0.25, 0.3) is 0 Å². The molecular formula is C11H13FOS. The lowest BCUT2D eigenvalue weighted by Crippen LogP contribution is -2.11. The van der Waals surface area contributed by atoms with Crippen LogP contribution in [0.25, 0.3) is 0 Å². The van der Waals surface area contributed by atoms with Crippen LogP contribution >= 0.6 is 11.8 Å². The highest BCUT2D eigenvalue weighted by Gasteiger charge is 2.40. The molecule has 1 nitrogen and oxygen atoms in total. The van der Waals surface area contributed by atoms with Crippen LogP contribution in [0, 0.1) is 5.82 Å². The van der Waals surface area contributed by atoms with Gasteiger partial charge in [-0.2, -0.15) is 0 Å². The lowest BCUT2D eigenvalue weighted by Gasteiger charge is -2.11. The number of hydrogen-bond donors (Lipinski definition) is 1. The van der Waals surface area contributed by atoms with Crippen molar-refractivity contribution in [2.24, 2.45) is 0 Å². The van der Waals surface area contributed by atoms with Gasteiger partial charge in [0.2, 0.25) is 0 Å². The van der Waals surface area contributed by atoms with Crippen LogP contribution in [0.5, 0.6) is 0 Å². The Morgan fingerprint density at radius 3 is 2.79 bits per heavy atom. The predicted molar refractivity (Wildman–Crippen MR) is 56.1 cm³/mol. The monoisotopic (exact) mass is 212 g/mol. The molecule has 1 saturated carbocycles. The smallest absolute Gasteiger partial charge is 0.123 e. The first-order chi connectivity index (χ1) is 6.63. The molecule has 1 aromatic rings. The first kappa shape index (κ1) is 9.99. The summed E-state index contributed by atoms with van der Waals surface area (Å²) < 4.78 is 13.0. The highest BCUT2D eigenvalue weighted by atomic mass is 32.2. The van der Waals surface area contributed by atoms with Crippen LogP contribution in [0.4, 0.5) is 4.39 Å². The highest BCUT2D eigenvalue weighted by molar-refractivity contribution is 7.98. The summed E-state index contributed by atoms with van der Waals surface area (Å²) >= 11 is 1.59. The summed E-state index contributed by atoms with van der Waals surface area (Å²) in [6.45, 7) is 0. The third-order valence-corrected chi connectivity index (χ3v) is 3.43. The highest BCUT2D eigenvalue weighted by Crippen LogP contribution is 2.39. The first-order valence-electron chi connectivity index (χ1n) is 4.68. The predicted octanol–water partition coefficient (Wildman–Crippen LogP) is 2.62. The minimum atomic E-state index is -0.543. The van der Waals surface area contributed by atoms with Crippen LogP contribution in [0.2, 0.25) is 0 Å². The van der Waals surface area contributed by atoms with Gasteiger partial charge in [-0.05, 0) is 42.9 Å². The number of halogens is 1. The molecule has 0 amide bonds. The van der Waals surface area contributed by atoms with Crippen molar-refractivity contribution >= 4 is 11.8 Å². The van der Waals surface area contributed by atoms with Crippen LogP contribution in [0.1, 0.15) is 18.4 Å². The molecule has 1 aliphatic carbocycles. The van der Waals surface area contributed by atoms with E-state index in [1.54, 1.807) is 17.8 Å². The molecule has 0 bridgehead atoms. The van der Waals surface area contributed by atoms with E-state index in [9.17, 15) is 9.50 Å². The van der Waals surface area contributed by atoms with Crippen molar-refractivity contribution in [3.05, 3.63) is 29.6 Å². The van der Waals surface area contributed by atoms with Crippen LogP contribution in [0.3, 0.4) is 0 Å². The zero-order chi connectivity index (χ0) is 10.2. The Balaban J connectivity index is 2.25. The zero-order valence-electron chi connectivity index (χ0n) is 8.09. The minimum Gasteiger partial charge on any atom is -0.390 e. The quantitative estimate of drug-likeness (QED) is 0.777. The SMILES string of the molecule is CSc1ccc(F)cc1CC1(O)CC1. The lowest BCUT2D eigenvalue weighted by atomic mass is 10.1. The molecule has 0 radical (unpaired) electrons. The maximum absolute atomic E-state index is 13.0. The van der Waals surface area contributed by atoms with Gasteiger partial charge in [0.1, 0.15) is 5.82 Å². The van der Waals surface area contributed by atoms with Crippen molar-refractivity contribution in [1.82, 2.24) is 0 Å². The van der Waals surface area contributed by atoms with Crippen LogP contribution in [-0.2, 0) is 6.42 Å². The van der Waals surface area contributed by atoms with E-state index in [2.05, 4.69) is 0 Å². The van der Waals surface area contributed by atoms with E-state index in [4.69, 9.17) is 0 Å². The molecule has 3 heteroatoms. The molecule has 14 heavy (non-hydrogen) atoms. The zero-order valence-corrected chi connectivity index (χ0v) is 8.90. The third-order valence-electron chi connectivity index (χ3n) is 2.59. The van der Waals surface area contributed by atoms with E-state index in [1.807, 2.05) is 6.26 Å². The fourth-order valence-corrected chi connectivity index (χ4v) is 2.16. The summed E-state index contributed by atoms with van der Waals surface area (Å²) in [4.78, 5) is 1.06. The van der Waals surface area contributed by atoms with Gasteiger partial charge in [-0.25, -0.2) is 4.39 Å². The van der Waals surface area contributed by atoms with E-state index in [-0.39, 0.29) is 5.82 Å². The maximum atomic E-state index is 13.0. The third kappa shape index (κ3) is 2.10. The van der Waals surface area contributed by atoms with Gasteiger partial charge in [0.05, 0.1) is 5.60 Å². The second-order valence-corrected chi connectivity index (χ2v) is 4.71. The van der Waals surface area contributed by atoms with Gasteiger partial charge in [0, 0.05) is 11.3 Å². The molecule has 1 N–H and O–H groups in total. The van der Waals surface area contributed by atoms with Crippen LogP contribution in [-0.4, -0.2) is 17.0 Å². The maximum Gasteiger partial charge on any atom is 0.123 e. The van der Waals surface area contributed by atoms with Gasteiger partial charge >= 0.3 is 0 Å². The largest absolute Gasteiger partial charge is 0.390 e. The number of aliphatic hydroxyl groups is 1. The summed E-state index contributed by atoms with van der Waals surface area (Å²) in [5.74, 6) is -0.220. The Hall–Kier alpha value is -0.540. The second kappa shape index (κ2) is 3.55.